The number of carboxylic acids is 1. The fraction of sp³-hybridized carbons (Fsp3) is 0.714. The third kappa shape index (κ3) is 40.8. The van der Waals surface area contributed by atoms with Crippen LogP contribution in [0.15, 0.2) is 85.1 Å². The molecule has 1 aliphatic heterocycles. The number of hydrogen-bond acceptors (Lipinski definition) is 11. The smallest absolute Gasteiger partial charge is 0.335 e. The van der Waals surface area contributed by atoms with E-state index in [-0.39, 0.29) is 25.9 Å². The molecule has 6 unspecified atom stereocenters. The minimum absolute atomic E-state index is 0.0273. The van der Waals surface area contributed by atoms with Crippen molar-refractivity contribution in [3.63, 3.8) is 0 Å². The Morgan fingerprint density at radius 1 is 0.453 bits per heavy atom. The summed E-state index contributed by atoms with van der Waals surface area (Å²) in [6, 6.07) is 0. The van der Waals surface area contributed by atoms with E-state index in [1.807, 2.05) is 0 Å². The van der Waals surface area contributed by atoms with Gasteiger partial charge >= 0.3 is 23.9 Å². The van der Waals surface area contributed by atoms with Crippen LogP contribution in [0, 0.1) is 0 Å². The Morgan fingerprint density at radius 3 is 1.32 bits per heavy atom. The number of ether oxygens (including phenoxy) is 5. The molecular formula is C63H104O12. The van der Waals surface area contributed by atoms with Crippen LogP contribution in [0.4, 0.5) is 0 Å². The molecule has 12 nitrogen and oxygen atoms in total. The van der Waals surface area contributed by atoms with Gasteiger partial charge in [-0.05, 0) is 116 Å². The van der Waals surface area contributed by atoms with E-state index in [2.05, 4.69) is 106 Å². The maximum atomic E-state index is 13.1. The minimum Gasteiger partial charge on any atom is -0.479 e. The SMILES string of the molecule is CC/C=C\C/C=C\C/C=C\C/C=C\CCCCCCC(=O)OC1C(OCC(COC(=O)CCCCCCC/C=C\C/C=C\CCCCC)OC(=O)CCCCCCC/C=C\CCCCCC)OC(C(=O)O)C(O)C1O. The Kier molecular flexibility index (Phi) is 46.6. The van der Waals surface area contributed by atoms with Crippen LogP contribution in [0.5, 0.6) is 0 Å². The van der Waals surface area contributed by atoms with Crippen LogP contribution in [0.2, 0.25) is 0 Å². The van der Waals surface area contributed by atoms with Crippen LogP contribution in [0.3, 0.4) is 0 Å². The molecule has 428 valence electrons. The monoisotopic (exact) mass is 1050 g/mol. The molecule has 1 aliphatic rings. The highest BCUT2D eigenvalue weighted by molar-refractivity contribution is 5.74. The van der Waals surface area contributed by atoms with Crippen molar-refractivity contribution in [2.24, 2.45) is 0 Å². The first-order valence-electron chi connectivity index (χ1n) is 29.6. The van der Waals surface area contributed by atoms with Crippen LogP contribution >= 0.6 is 0 Å². The van der Waals surface area contributed by atoms with Crippen LogP contribution in [0.1, 0.15) is 239 Å². The average Bonchev–Trinajstić information content (AvgIpc) is 3.39. The summed E-state index contributed by atoms with van der Waals surface area (Å²) in [4.78, 5) is 51.1. The van der Waals surface area contributed by atoms with E-state index >= 15 is 0 Å². The highest BCUT2D eigenvalue weighted by Crippen LogP contribution is 2.26. The van der Waals surface area contributed by atoms with Gasteiger partial charge < -0.3 is 39.0 Å². The van der Waals surface area contributed by atoms with Crippen LogP contribution in [-0.4, -0.2) is 89.2 Å². The Hall–Kier alpha value is -4.10. The zero-order chi connectivity index (χ0) is 54.7. The molecular weight excluding hydrogens is 949 g/mol. The van der Waals surface area contributed by atoms with E-state index in [0.29, 0.717) is 19.3 Å². The van der Waals surface area contributed by atoms with Gasteiger partial charge in [0, 0.05) is 19.3 Å². The van der Waals surface area contributed by atoms with Crippen LogP contribution < -0.4 is 0 Å². The number of aliphatic hydroxyl groups is 2. The molecule has 0 aliphatic carbocycles. The van der Waals surface area contributed by atoms with Crippen molar-refractivity contribution in [2.75, 3.05) is 13.2 Å². The molecule has 0 aromatic heterocycles. The van der Waals surface area contributed by atoms with E-state index in [4.69, 9.17) is 23.7 Å². The average molecular weight is 1050 g/mol. The summed E-state index contributed by atoms with van der Waals surface area (Å²) in [5.41, 5.74) is 0. The molecule has 1 fully saturated rings. The van der Waals surface area contributed by atoms with Crippen molar-refractivity contribution in [3.8, 4) is 0 Å². The fourth-order valence-electron chi connectivity index (χ4n) is 8.38. The van der Waals surface area contributed by atoms with Crippen molar-refractivity contribution >= 4 is 23.9 Å². The summed E-state index contributed by atoms with van der Waals surface area (Å²) >= 11 is 0. The molecule has 12 heteroatoms. The van der Waals surface area contributed by atoms with Gasteiger partial charge in [0.1, 0.15) is 18.8 Å². The summed E-state index contributed by atoms with van der Waals surface area (Å²) in [5, 5.41) is 31.5. The lowest BCUT2D eigenvalue weighted by Gasteiger charge is -2.40. The van der Waals surface area contributed by atoms with Gasteiger partial charge in [0.05, 0.1) is 6.61 Å². The van der Waals surface area contributed by atoms with Crippen molar-refractivity contribution in [2.45, 2.75) is 276 Å². The number of rotatable bonds is 49. The Morgan fingerprint density at radius 2 is 0.840 bits per heavy atom. The molecule has 6 atom stereocenters. The molecule has 0 spiro atoms. The van der Waals surface area contributed by atoms with Gasteiger partial charge in [-0.25, -0.2) is 4.79 Å². The summed E-state index contributed by atoms with van der Waals surface area (Å²) in [7, 11) is 0. The molecule has 0 radical (unpaired) electrons. The lowest BCUT2D eigenvalue weighted by molar-refractivity contribution is -0.301. The molecule has 1 saturated heterocycles. The van der Waals surface area contributed by atoms with Gasteiger partial charge in [-0.15, -0.1) is 0 Å². The second-order valence-electron chi connectivity index (χ2n) is 19.9. The van der Waals surface area contributed by atoms with Gasteiger partial charge in [-0.3, -0.25) is 14.4 Å². The van der Waals surface area contributed by atoms with Crippen molar-refractivity contribution in [3.05, 3.63) is 85.1 Å². The predicted octanol–water partition coefficient (Wildman–Crippen LogP) is 15.1. The van der Waals surface area contributed by atoms with Crippen LogP contribution in [0.25, 0.3) is 0 Å². The number of aliphatic hydroxyl groups excluding tert-OH is 2. The molecule has 1 heterocycles. The molecule has 1 rings (SSSR count). The number of aliphatic carboxylic acids is 1. The van der Waals surface area contributed by atoms with Gasteiger partial charge in [0.2, 0.25) is 0 Å². The first-order valence-corrected chi connectivity index (χ1v) is 29.6. The topological polar surface area (TPSA) is 175 Å². The molecule has 0 aromatic carbocycles. The molecule has 3 N–H and O–H groups in total. The minimum atomic E-state index is -1.92. The number of allylic oxidation sites excluding steroid dienone is 14. The van der Waals surface area contributed by atoms with E-state index in [0.717, 1.165) is 135 Å². The second-order valence-corrected chi connectivity index (χ2v) is 19.9. The van der Waals surface area contributed by atoms with Gasteiger partial charge in [-0.2, -0.15) is 0 Å². The largest absolute Gasteiger partial charge is 0.479 e. The standard InChI is InChI=1S/C63H104O12/c1-4-7-10-13-16-19-22-25-27-28-30-33-36-39-42-45-48-51-57(66)74-61-59(68)58(67)60(62(69)70)75-63(61)72-53-54(73-56(65)50-47-44-41-38-35-31-24-21-18-15-12-9-6-3)52-71-55(64)49-46-43-40-37-34-32-29-26-23-20-17-14-11-8-5-2/h7,10,16-17,19-21,24-27,29-30,33,54,58-61,63,67-68H,4-6,8-9,11-15,18,22-23,28,31-32,34-53H2,1-3H3,(H,69,70)/b10-7-,19-16-,20-17-,24-21-,27-25-,29-26-,33-30-. The lowest BCUT2D eigenvalue weighted by atomic mass is 9.98. The fourth-order valence-corrected chi connectivity index (χ4v) is 8.38. The molecule has 0 bridgehead atoms. The van der Waals surface area contributed by atoms with E-state index in [9.17, 15) is 34.5 Å². The van der Waals surface area contributed by atoms with E-state index < -0.39 is 67.3 Å². The number of esters is 3. The van der Waals surface area contributed by atoms with Crippen molar-refractivity contribution < 1.29 is 58.2 Å². The van der Waals surface area contributed by atoms with E-state index in [1.165, 1.54) is 44.9 Å². The summed E-state index contributed by atoms with van der Waals surface area (Å²) in [6.07, 6.45) is 52.6. The summed E-state index contributed by atoms with van der Waals surface area (Å²) in [5.74, 6) is -3.18. The Labute approximate surface area is 454 Å². The van der Waals surface area contributed by atoms with Gasteiger partial charge in [0.15, 0.2) is 24.6 Å². The number of carboxylic acid groups (broad SMARTS) is 1. The van der Waals surface area contributed by atoms with E-state index in [1.54, 1.807) is 0 Å². The van der Waals surface area contributed by atoms with Crippen molar-refractivity contribution in [1.82, 2.24) is 0 Å². The van der Waals surface area contributed by atoms with Gasteiger partial charge in [0.25, 0.3) is 0 Å². The molecule has 0 aromatic rings. The summed E-state index contributed by atoms with van der Waals surface area (Å²) in [6.45, 7) is 5.80. The molecule has 75 heavy (non-hydrogen) atoms. The third-order valence-corrected chi connectivity index (χ3v) is 12.9. The molecule has 0 amide bonds. The number of carbonyl (C=O) groups excluding carboxylic acids is 3. The van der Waals surface area contributed by atoms with Gasteiger partial charge in [-0.1, -0.05) is 189 Å². The summed E-state index contributed by atoms with van der Waals surface area (Å²) < 4.78 is 28.4. The zero-order valence-corrected chi connectivity index (χ0v) is 47.0. The Balaban J connectivity index is 2.72. The number of carbonyl (C=O) groups is 4. The highest BCUT2D eigenvalue weighted by atomic mass is 16.7. The first kappa shape index (κ1) is 68.9. The highest BCUT2D eigenvalue weighted by Gasteiger charge is 2.50. The first-order chi connectivity index (χ1) is 36.6. The second kappa shape index (κ2) is 50.7. The maximum absolute atomic E-state index is 13.1. The quantitative estimate of drug-likeness (QED) is 0.0228. The normalized spacial score (nSPS) is 18.8. The zero-order valence-electron chi connectivity index (χ0n) is 47.0. The van der Waals surface area contributed by atoms with Crippen LogP contribution in [-0.2, 0) is 42.9 Å². The molecule has 0 saturated carbocycles. The van der Waals surface area contributed by atoms with Crippen molar-refractivity contribution in [1.29, 1.82) is 0 Å². The lowest BCUT2D eigenvalue weighted by Crippen LogP contribution is -2.61. The number of unbranched alkanes of at least 4 members (excludes halogenated alkanes) is 21. The number of hydrogen-bond donors (Lipinski definition) is 3. The predicted molar refractivity (Wildman–Crippen MR) is 303 cm³/mol. The maximum Gasteiger partial charge on any atom is 0.335 e. The Bertz CT molecular complexity index is 1630. The third-order valence-electron chi connectivity index (χ3n) is 12.9.